The van der Waals surface area contributed by atoms with Crippen LogP contribution >= 0.6 is 31.9 Å². The molecule has 2 heterocycles. The molecule has 3 rings (SSSR count). The number of carbonyl (C=O) groups is 1. The number of hydrogen-bond acceptors (Lipinski definition) is 3. The van der Waals surface area contributed by atoms with Gasteiger partial charge in [0, 0.05) is 34.4 Å². The number of carbonyl (C=O) groups excluding carboxylic acids is 1. The lowest BCUT2D eigenvalue weighted by Crippen LogP contribution is -2.24. The summed E-state index contributed by atoms with van der Waals surface area (Å²) < 4.78 is 6.34. The minimum Gasteiger partial charge on any atom is -0.338 e. The van der Waals surface area contributed by atoms with Crippen molar-refractivity contribution >= 4 is 43.7 Å². The van der Waals surface area contributed by atoms with Crippen molar-refractivity contribution in [2.24, 2.45) is 5.92 Å². The molecule has 1 amide bonds. The number of alkyl halides is 1. The number of amides is 1. The fourth-order valence-corrected chi connectivity index (χ4v) is 2.95. The molecular weight excluding hydrogens is 388 g/mol. The molecule has 1 unspecified atom stereocenters. The van der Waals surface area contributed by atoms with Crippen LogP contribution in [0.15, 0.2) is 39.3 Å². The quantitative estimate of drug-likeness (QED) is 0.736. The first-order chi connectivity index (χ1) is 9.67. The molecule has 0 radical (unpaired) electrons. The van der Waals surface area contributed by atoms with Crippen molar-refractivity contribution in [3.8, 4) is 11.3 Å². The summed E-state index contributed by atoms with van der Waals surface area (Å²) in [6.07, 6.45) is 0.555. The highest BCUT2D eigenvalue weighted by Gasteiger charge is 2.32. The van der Waals surface area contributed by atoms with Gasteiger partial charge in [-0.25, -0.2) is 0 Å². The van der Waals surface area contributed by atoms with Gasteiger partial charge >= 0.3 is 0 Å². The standard InChI is InChI=1S/C14H12Br2N2O2/c15-7-9-5-13(19)18(8-9)14-6-12(17-20-14)10-1-3-11(16)4-2-10/h1-4,6,9H,5,7-8H2. The predicted octanol–water partition coefficient (Wildman–Crippen LogP) is 3.85. The smallest absolute Gasteiger partial charge is 0.234 e. The van der Waals surface area contributed by atoms with Crippen LogP contribution in [0.4, 0.5) is 5.88 Å². The Labute approximate surface area is 133 Å². The maximum Gasteiger partial charge on any atom is 0.234 e. The zero-order valence-corrected chi connectivity index (χ0v) is 13.7. The Morgan fingerprint density at radius 1 is 1.35 bits per heavy atom. The Balaban J connectivity index is 1.83. The van der Waals surface area contributed by atoms with Crippen LogP contribution in [-0.4, -0.2) is 22.9 Å². The van der Waals surface area contributed by atoms with E-state index in [1.54, 1.807) is 4.90 Å². The molecule has 2 aromatic rings. The van der Waals surface area contributed by atoms with E-state index in [-0.39, 0.29) is 5.91 Å². The minimum atomic E-state index is 0.0907. The monoisotopic (exact) mass is 398 g/mol. The molecule has 1 atom stereocenters. The van der Waals surface area contributed by atoms with Gasteiger partial charge in [0.1, 0.15) is 5.69 Å². The molecule has 0 saturated carbocycles. The van der Waals surface area contributed by atoms with Crippen LogP contribution in [0.5, 0.6) is 0 Å². The van der Waals surface area contributed by atoms with Gasteiger partial charge in [-0.05, 0) is 18.1 Å². The lowest BCUT2D eigenvalue weighted by atomic mass is 10.1. The fourth-order valence-electron chi connectivity index (χ4n) is 2.25. The lowest BCUT2D eigenvalue weighted by Gasteiger charge is -2.10. The maximum atomic E-state index is 11.9. The summed E-state index contributed by atoms with van der Waals surface area (Å²) in [5.41, 5.74) is 1.70. The summed E-state index contributed by atoms with van der Waals surface area (Å²) in [4.78, 5) is 13.6. The number of halogens is 2. The van der Waals surface area contributed by atoms with Gasteiger partial charge in [0.25, 0.3) is 0 Å². The Bertz CT molecular complexity index is 624. The normalized spacial score (nSPS) is 18.8. The molecule has 104 valence electrons. The van der Waals surface area contributed by atoms with E-state index in [2.05, 4.69) is 37.0 Å². The van der Waals surface area contributed by atoms with Crippen molar-refractivity contribution < 1.29 is 9.32 Å². The highest BCUT2D eigenvalue weighted by molar-refractivity contribution is 9.10. The van der Waals surface area contributed by atoms with Crippen LogP contribution < -0.4 is 4.90 Å². The highest BCUT2D eigenvalue weighted by Crippen LogP contribution is 2.30. The molecule has 1 aromatic heterocycles. The molecule has 6 heteroatoms. The van der Waals surface area contributed by atoms with Gasteiger partial charge < -0.3 is 4.52 Å². The van der Waals surface area contributed by atoms with Crippen molar-refractivity contribution in [3.63, 3.8) is 0 Å². The number of rotatable bonds is 3. The number of anilines is 1. The van der Waals surface area contributed by atoms with Gasteiger partial charge in [-0.2, -0.15) is 0 Å². The first-order valence-electron chi connectivity index (χ1n) is 6.26. The molecule has 4 nitrogen and oxygen atoms in total. The summed E-state index contributed by atoms with van der Waals surface area (Å²) in [5.74, 6) is 0.952. The van der Waals surface area contributed by atoms with E-state index in [1.807, 2.05) is 30.3 Å². The van der Waals surface area contributed by atoms with Crippen LogP contribution in [0.25, 0.3) is 11.3 Å². The van der Waals surface area contributed by atoms with E-state index in [0.717, 1.165) is 21.1 Å². The minimum absolute atomic E-state index is 0.0907. The summed E-state index contributed by atoms with van der Waals surface area (Å²) >= 11 is 6.82. The summed E-state index contributed by atoms with van der Waals surface area (Å²) in [7, 11) is 0. The van der Waals surface area contributed by atoms with Gasteiger partial charge in [0.05, 0.1) is 0 Å². The molecule has 0 bridgehead atoms. The highest BCUT2D eigenvalue weighted by atomic mass is 79.9. The number of benzene rings is 1. The zero-order chi connectivity index (χ0) is 14.1. The fraction of sp³-hybridized carbons (Fsp3) is 0.286. The Morgan fingerprint density at radius 2 is 2.10 bits per heavy atom. The van der Waals surface area contributed by atoms with E-state index < -0.39 is 0 Å². The maximum absolute atomic E-state index is 11.9. The average molecular weight is 400 g/mol. The number of nitrogens with zero attached hydrogens (tertiary/aromatic N) is 2. The topological polar surface area (TPSA) is 46.3 Å². The van der Waals surface area contributed by atoms with Gasteiger partial charge in [-0.15, -0.1) is 0 Å². The van der Waals surface area contributed by atoms with Gasteiger partial charge in [0.2, 0.25) is 11.8 Å². The second kappa shape index (κ2) is 5.69. The van der Waals surface area contributed by atoms with Gasteiger partial charge in [0.15, 0.2) is 0 Å². The van der Waals surface area contributed by atoms with Gasteiger partial charge in [-0.3, -0.25) is 9.69 Å². The Hall–Kier alpha value is -1.14. The molecule has 0 aliphatic carbocycles. The Kier molecular flexibility index (Phi) is 3.94. The average Bonchev–Trinajstić information content (AvgIpc) is 3.06. The molecule has 1 aliphatic rings. The SMILES string of the molecule is O=C1CC(CBr)CN1c1cc(-c2ccc(Br)cc2)no1. The third-order valence-electron chi connectivity index (χ3n) is 3.33. The lowest BCUT2D eigenvalue weighted by molar-refractivity contribution is -0.117. The first-order valence-corrected chi connectivity index (χ1v) is 8.18. The molecular formula is C14H12Br2N2O2. The summed E-state index contributed by atoms with van der Waals surface area (Å²) in [5, 5.41) is 4.87. The van der Waals surface area contributed by atoms with Crippen molar-refractivity contribution in [2.75, 3.05) is 16.8 Å². The van der Waals surface area contributed by atoms with Crippen LogP contribution in [-0.2, 0) is 4.79 Å². The van der Waals surface area contributed by atoms with E-state index >= 15 is 0 Å². The predicted molar refractivity (Wildman–Crippen MR) is 83.9 cm³/mol. The Morgan fingerprint density at radius 3 is 2.75 bits per heavy atom. The largest absolute Gasteiger partial charge is 0.338 e. The number of hydrogen-bond donors (Lipinski definition) is 0. The van der Waals surface area contributed by atoms with Crippen LogP contribution in [0.2, 0.25) is 0 Å². The third kappa shape index (κ3) is 2.67. The molecule has 1 saturated heterocycles. The van der Waals surface area contributed by atoms with Crippen LogP contribution in [0.1, 0.15) is 6.42 Å². The van der Waals surface area contributed by atoms with Crippen molar-refractivity contribution in [1.82, 2.24) is 5.16 Å². The van der Waals surface area contributed by atoms with Crippen molar-refractivity contribution in [2.45, 2.75) is 6.42 Å². The van der Waals surface area contributed by atoms with E-state index in [4.69, 9.17) is 4.52 Å². The van der Waals surface area contributed by atoms with E-state index in [1.165, 1.54) is 0 Å². The summed E-state index contributed by atoms with van der Waals surface area (Å²) in [6, 6.07) is 9.63. The molecule has 1 fully saturated rings. The second-order valence-electron chi connectivity index (χ2n) is 4.79. The van der Waals surface area contributed by atoms with Crippen LogP contribution in [0.3, 0.4) is 0 Å². The van der Waals surface area contributed by atoms with Crippen molar-refractivity contribution in [1.29, 1.82) is 0 Å². The van der Waals surface area contributed by atoms with E-state index in [9.17, 15) is 4.79 Å². The number of aromatic nitrogens is 1. The second-order valence-corrected chi connectivity index (χ2v) is 6.35. The van der Waals surface area contributed by atoms with Gasteiger partial charge in [-0.1, -0.05) is 49.1 Å². The third-order valence-corrected chi connectivity index (χ3v) is 4.77. The van der Waals surface area contributed by atoms with Crippen molar-refractivity contribution in [3.05, 3.63) is 34.8 Å². The molecule has 1 aliphatic heterocycles. The summed E-state index contributed by atoms with van der Waals surface area (Å²) in [6.45, 7) is 0.680. The zero-order valence-electron chi connectivity index (χ0n) is 10.6. The molecule has 20 heavy (non-hydrogen) atoms. The molecule has 0 spiro atoms. The van der Waals surface area contributed by atoms with Crippen LogP contribution in [0, 0.1) is 5.92 Å². The van der Waals surface area contributed by atoms with E-state index in [0.29, 0.717) is 24.8 Å². The molecule has 1 aromatic carbocycles. The first kappa shape index (κ1) is 13.8. The molecule has 0 N–H and O–H groups in total.